The van der Waals surface area contributed by atoms with Crippen molar-refractivity contribution < 1.29 is 4.74 Å². The standard InChI is InChI=1S/C11H10INO/c1-2-14-10-6-5-9(12)8-4-3-7-13-11(8)10/h3-7H,2H2,1H3. The largest absolute Gasteiger partial charge is 0.492 e. The van der Waals surface area contributed by atoms with Gasteiger partial charge in [0.05, 0.1) is 6.61 Å². The Bertz CT molecular complexity index is 456. The van der Waals surface area contributed by atoms with Crippen LogP contribution in [-0.4, -0.2) is 11.6 Å². The van der Waals surface area contributed by atoms with Crippen LogP contribution in [0.4, 0.5) is 0 Å². The molecule has 0 unspecified atom stereocenters. The lowest BCUT2D eigenvalue weighted by atomic mass is 10.2. The molecular weight excluding hydrogens is 289 g/mol. The second kappa shape index (κ2) is 4.13. The van der Waals surface area contributed by atoms with E-state index < -0.39 is 0 Å². The first-order chi connectivity index (χ1) is 6.83. The van der Waals surface area contributed by atoms with Crippen molar-refractivity contribution in [3.8, 4) is 5.75 Å². The average molecular weight is 299 g/mol. The van der Waals surface area contributed by atoms with Gasteiger partial charge in [0.15, 0.2) is 0 Å². The van der Waals surface area contributed by atoms with Gasteiger partial charge in [0.2, 0.25) is 0 Å². The first-order valence-electron chi connectivity index (χ1n) is 4.49. The molecule has 0 saturated carbocycles. The van der Waals surface area contributed by atoms with E-state index in [1.807, 2.05) is 19.1 Å². The highest BCUT2D eigenvalue weighted by atomic mass is 127. The molecule has 0 aliphatic rings. The van der Waals surface area contributed by atoms with Gasteiger partial charge in [-0.15, -0.1) is 0 Å². The summed E-state index contributed by atoms with van der Waals surface area (Å²) in [4.78, 5) is 4.33. The van der Waals surface area contributed by atoms with E-state index in [1.54, 1.807) is 6.20 Å². The van der Waals surface area contributed by atoms with E-state index in [9.17, 15) is 0 Å². The van der Waals surface area contributed by atoms with Crippen LogP contribution in [0.25, 0.3) is 10.9 Å². The number of pyridine rings is 1. The van der Waals surface area contributed by atoms with Crippen molar-refractivity contribution in [3.63, 3.8) is 0 Å². The van der Waals surface area contributed by atoms with Crippen LogP contribution >= 0.6 is 22.6 Å². The van der Waals surface area contributed by atoms with Crippen LogP contribution < -0.4 is 4.74 Å². The monoisotopic (exact) mass is 299 g/mol. The molecule has 2 aromatic rings. The maximum atomic E-state index is 5.51. The van der Waals surface area contributed by atoms with Crippen LogP contribution in [0.3, 0.4) is 0 Å². The minimum absolute atomic E-state index is 0.673. The van der Waals surface area contributed by atoms with E-state index in [2.05, 4.69) is 39.7 Å². The molecule has 14 heavy (non-hydrogen) atoms. The van der Waals surface area contributed by atoms with Crippen LogP contribution in [0.2, 0.25) is 0 Å². The molecule has 0 N–H and O–H groups in total. The molecule has 2 nitrogen and oxygen atoms in total. The Hall–Kier alpha value is -0.840. The molecule has 0 spiro atoms. The summed E-state index contributed by atoms with van der Waals surface area (Å²) >= 11 is 2.31. The zero-order chi connectivity index (χ0) is 9.97. The average Bonchev–Trinajstić information content (AvgIpc) is 2.23. The lowest BCUT2D eigenvalue weighted by Crippen LogP contribution is -1.94. The van der Waals surface area contributed by atoms with Gasteiger partial charge in [-0.1, -0.05) is 6.07 Å². The zero-order valence-electron chi connectivity index (χ0n) is 7.83. The molecule has 0 fully saturated rings. The summed E-state index contributed by atoms with van der Waals surface area (Å²) in [5.41, 5.74) is 0.946. The van der Waals surface area contributed by atoms with Gasteiger partial charge in [0.25, 0.3) is 0 Å². The summed E-state index contributed by atoms with van der Waals surface area (Å²) < 4.78 is 6.71. The van der Waals surface area contributed by atoms with Gasteiger partial charge >= 0.3 is 0 Å². The second-order valence-corrected chi connectivity index (χ2v) is 4.04. The summed E-state index contributed by atoms with van der Waals surface area (Å²) in [5, 5.41) is 1.15. The molecule has 72 valence electrons. The Morgan fingerprint density at radius 1 is 1.36 bits per heavy atom. The van der Waals surface area contributed by atoms with Crippen LogP contribution in [0.1, 0.15) is 6.92 Å². The summed E-state index contributed by atoms with van der Waals surface area (Å²) in [5.74, 6) is 0.864. The Morgan fingerprint density at radius 2 is 2.21 bits per heavy atom. The first-order valence-corrected chi connectivity index (χ1v) is 5.57. The molecule has 0 aliphatic carbocycles. The Balaban J connectivity index is 2.68. The third kappa shape index (κ3) is 1.68. The van der Waals surface area contributed by atoms with E-state index in [1.165, 1.54) is 3.57 Å². The topological polar surface area (TPSA) is 22.1 Å². The smallest absolute Gasteiger partial charge is 0.145 e. The van der Waals surface area contributed by atoms with Gasteiger partial charge in [0, 0.05) is 15.2 Å². The summed E-state index contributed by atoms with van der Waals surface area (Å²) in [6.07, 6.45) is 1.79. The number of hydrogen-bond donors (Lipinski definition) is 0. The van der Waals surface area contributed by atoms with Gasteiger partial charge in [-0.3, -0.25) is 4.98 Å². The summed E-state index contributed by atoms with van der Waals surface area (Å²) in [6.45, 7) is 2.65. The molecule has 1 aromatic heterocycles. The SMILES string of the molecule is CCOc1ccc(I)c2cccnc12. The van der Waals surface area contributed by atoms with E-state index >= 15 is 0 Å². The van der Waals surface area contributed by atoms with Crippen molar-refractivity contribution >= 4 is 33.5 Å². The van der Waals surface area contributed by atoms with E-state index in [4.69, 9.17) is 4.74 Å². The number of nitrogens with zero attached hydrogens (tertiary/aromatic N) is 1. The molecule has 0 atom stereocenters. The van der Waals surface area contributed by atoms with E-state index in [-0.39, 0.29) is 0 Å². The fourth-order valence-electron chi connectivity index (χ4n) is 1.38. The van der Waals surface area contributed by atoms with Crippen molar-refractivity contribution in [1.82, 2.24) is 4.98 Å². The number of benzene rings is 1. The quantitative estimate of drug-likeness (QED) is 0.794. The van der Waals surface area contributed by atoms with Crippen molar-refractivity contribution in [2.45, 2.75) is 6.92 Å². The molecule has 1 heterocycles. The second-order valence-electron chi connectivity index (χ2n) is 2.88. The predicted octanol–water partition coefficient (Wildman–Crippen LogP) is 3.24. The van der Waals surface area contributed by atoms with Gasteiger partial charge in [-0.05, 0) is 47.7 Å². The lowest BCUT2D eigenvalue weighted by molar-refractivity contribution is 0.343. The predicted molar refractivity (Wildman–Crippen MR) is 65.6 cm³/mol. The van der Waals surface area contributed by atoms with Crippen LogP contribution in [0.5, 0.6) is 5.75 Å². The highest BCUT2D eigenvalue weighted by Gasteiger charge is 2.04. The highest BCUT2D eigenvalue weighted by Crippen LogP contribution is 2.27. The van der Waals surface area contributed by atoms with Crippen molar-refractivity contribution in [1.29, 1.82) is 0 Å². The molecule has 0 bridgehead atoms. The molecule has 0 radical (unpaired) electrons. The number of halogens is 1. The number of aromatic nitrogens is 1. The zero-order valence-corrected chi connectivity index (χ0v) is 9.98. The molecular formula is C11H10INO. The van der Waals surface area contributed by atoms with Gasteiger partial charge in [-0.25, -0.2) is 0 Å². The summed E-state index contributed by atoms with van der Waals surface area (Å²) in [7, 11) is 0. The molecule has 3 heteroatoms. The van der Waals surface area contributed by atoms with Crippen LogP contribution in [-0.2, 0) is 0 Å². The van der Waals surface area contributed by atoms with E-state index in [0.29, 0.717) is 6.61 Å². The minimum atomic E-state index is 0.673. The molecule has 0 amide bonds. The van der Waals surface area contributed by atoms with Crippen LogP contribution in [0, 0.1) is 3.57 Å². The van der Waals surface area contributed by atoms with Crippen molar-refractivity contribution in [2.75, 3.05) is 6.61 Å². The minimum Gasteiger partial charge on any atom is -0.492 e. The van der Waals surface area contributed by atoms with Crippen molar-refractivity contribution in [3.05, 3.63) is 34.0 Å². The maximum Gasteiger partial charge on any atom is 0.145 e. The molecule has 0 aliphatic heterocycles. The van der Waals surface area contributed by atoms with Gasteiger partial charge < -0.3 is 4.74 Å². The molecule has 1 aromatic carbocycles. The van der Waals surface area contributed by atoms with Gasteiger partial charge in [-0.2, -0.15) is 0 Å². The number of fused-ring (bicyclic) bond motifs is 1. The first kappa shape index (κ1) is 9.71. The number of rotatable bonds is 2. The number of ether oxygens (including phenoxy) is 1. The van der Waals surface area contributed by atoms with Gasteiger partial charge in [0.1, 0.15) is 11.3 Å². The fourth-order valence-corrected chi connectivity index (χ4v) is 2.00. The Morgan fingerprint density at radius 3 is 3.00 bits per heavy atom. The summed E-state index contributed by atoms with van der Waals surface area (Å²) in [6, 6.07) is 8.03. The Kier molecular flexibility index (Phi) is 2.86. The Labute approximate surface area is 96.4 Å². The lowest BCUT2D eigenvalue weighted by Gasteiger charge is -2.07. The third-order valence-corrected chi connectivity index (χ3v) is 2.92. The molecule has 2 rings (SSSR count). The van der Waals surface area contributed by atoms with Crippen molar-refractivity contribution in [2.24, 2.45) is 0 Å². The van der Waals surface area contributed by atoms with Crippen LogP contribution in [0.15, 0.2) is 30.5 Å². The third-order valence-electron chi connectivity index (χ3n) is 1.98. The fraction of sp³-hybridized carbons (Fsp3) is 0.182. The maximum absolute atomic E-state index is 5.51. The number of hydrogen-bond acceptors (Lipinski definition) is 2. The van der Waals surface area contributed by atoms with E-state index in [0.717, 1.165) is 16.7 Å². The highest BCUT2D eigenvalue weighted by molar-refractivity contribution is 14.1. The normalized spacial score (nSPS) is 10.4. The molecule has 0 saturated heterocycles.